The van der Waals surface area contributed by atoms with Crippen molar-refractivity contribution >= 4 is 17.8 Å². The SMILES string of the molecule is COc1cccc(-c2cccc(COc3ccc(-c4ccc(C(=O)N[C@@H](CCC(=O)O)C(N)=O)cc4)cc3)c2)c1. The second kappa shape index (κ2) is 13.1. The maximum atomic E-state index is 12.5. The number of amides is 2. The topological polar surface area (TPSA) is 128 Å². The Morgan fingerprint density at radius 1 is 0.800 bits per heavy atom. The van der Waals surface area contributed by atoms with Crippen LogP contribution < -0.4 is 20.5 Å². The van der Waals surface area contributed by atoms with E-state index < -0.39 is 23.8 Å². The van der Waals surface area contributed by atoms with E-state index in [9.17, 15) is 14.4 Å². The highest BCUT2D eigenvalue weighted by atomic mass is 16.5. The molecule has 2 amide bonds. The predicted molar refractivity (Wildman–Crippen MR) is 152 cm³/mol. The van der Waals surface area contributed by atoms with E-state index in [0.29, 0.717) is 12.2 Å². The van der Waals surface area contributed by atoms with Crippen molar-refractivity contribution in [3.63, 3.8) is 0 Å². The second-order valence-corrected chi connectivity index (χ2v) is 9.18. The second-order valence-electron chi connectivity index (χ2n) is 9.18. The van der Waals surface area contributed by atoms with Gasteiger partial charge in [0.25, 0.3) is 5.91 Å². The summed E-state index contributed by atoms with van der Waals surface area (Å²) in [6, 6.07) is 29.6. The van der Waals surface area contributed by atoms with E-state index in [4.69, 9.17) is 20.3 Å². The minimum Gasteiger partial charge on any atom is -0.497 e. The zero-order valence-electron chi connectivity index (χ0n) is 22.0. The van der Waals surface area contributed by atoms with Crippen LogP contribution in [0.1, 0.15) is 28.8 Å². The number of ether oxygens (including phenoxy) is 2. The molecule has 4 N–H and O–H groups in total. The number of nitrogens with two attached hydrogens (primary N) is 1. The van der Waals surface area contributed by atoms with Gasteiger partial charge in [-0.05, 0) is 76.7 Å². The van der Waals surface area contributed by atoms with Crippen LogP contribution in [-0.2, 0) is 16.2 Å². The Labute approximate surface area is 232 Å². The highest BCUT2D eigenvalue weighted by Gasteiger charge is 2.20. The monoisotopic (exact) mass is 538 g/mol. The number of primary amides is 1. The summed E-state index contributed by atoms with van der Waals surface area (Å²) in [5, 5.41) is 11.3. The summed E-state index contributed by atoms with van der Waals surface area (Å²) < 4.78 is 11.3. The van der Waals surface area contributed by atoms with Crippen molar-refractivity contribution in [1.29, 1.82) is 0 Å². The van der Waals surface area contributed by atoms with Gasteiger partial charge in [0.05, 0.1) is 7.11 Å². The van der Waals surface area contributed by atoms with Gasteiger partial charge in [0.2, 0.25) is 5.91 Å². The van der Waals surface area contributed by atoms with Crippen LogP contribution in [0.15, 0.2) is 97.1 Å². The number of carbonyl (C=O) groups is 3. The number of hydrogen-bond donors (Lipinski definition) is 3. The van der Waals surface area contributed by atoms with Crippen LogP contribution in [0.2, 0.25) is 0 Å². The molecule has 0 heterocycles. The van der Waals surface area contributed by atoms with Crippen molar-refractivity contribution in [1.82, 2.24) is 5.32 Å². The molecule has 4 aromatic rings. The molecule has 0 fully saturated rings. The zero-order chi connectivity index (χ0) is 28.5. The van der Waals surface area contributed by atoms with Gasteiger partial charge in [0.15, 0.2) is 0 Å². The molecule has 1 atom stereocenters. The lowest BCUT2D eigenvalue weighted by molar-refractivity contribution is -0.137. The molecule has 0 bridgehead atoms. The van der Waals surface area contributed by atoms with Gasteiger partial charge in [0, 0.05) is 12.0 Å². The molecule has 0 aliphatic rings. The molecule has 4 rings (SSSR count). The standard InChI is InChI=1S/C32H30N2O6/c1-39-28-7-3-6-26(19-28)25-5-2-4-21(18-25)20-40-27-14-12-23(13-15-27)22-8-10-24(11-9-22)32(38)34-29(31(33)37)16-17-30(35)36/h2-15,18-19,29H,16-17,20H2,1H3,(H2,33,37)(H,34,38)(H,35,36)/t29-/m0/s1. The number of hydrogen-bond acceptors (Lipinski definition) is 5. The highest BCUT2D eigenvalue weighted by molar-refractivity contribution is 5.97. The number of carboxylic acids is 1. The Morgan fingerprint density at radius 2 is 1.43 bits per heavy atom. The van der Waals surface area contributed by atoms with Gasteiger partial charge in [-0.15, -0.1) is 0 Å². The van der Waals surface area contributed by atoms with Crippen LogP contribution in [0.5, 0.6) is 11.5 Å². The van der Waals surface area contributed by atoms with E-state index in [1.165, 1.54) is 0 Å². The number of aliphatic carboxylic acids is 1. The Balaban J connectivity index is 1.35. The smallest absolute Gasteiger partial charge is 0.303 e. The van der Waals surface area contributed by atoms with E-state index >= 15 is 0 Å². The van der Waals surface area contributed by atoms with E-state index in [1.807, 2.05) is 60.7 Å². The van der Waals surface area contributed by atoms with Gasteiger partial charge in [-0.1, -0.05) is 54.6 Å². The molecule has 0 saturated heterocycles. The number of methoxy groups -OCH3 is 1. The predicted octanol–water partition coefficient (Wildman–Crippen LogP) is 5.06. The Bertz CT molecular complexity index is 1480. The van der Waals surface area contributed by atoms with Crippen molar-refractivity contribution in [2.45, 2.75) is 25.5 Å². The minimum atomic E-state index is -1.07. The molecule has 40 heavy (non-hydrogen) atoms. The first-order chi connectivity index (χ1) is 19.3. The van der Waals surface area contributed by atoms with Gasteiger partial charge in [0.1, 0.15) is 24.1 Å². The van der Waals surface area contributed by atoms with Crippen LogP contribution in [-0.4, -0.2) is 36.0 Å². The lowest BCUT2D eigenvalue weighted by atomic mass is 10.0. The Hall–Kier alpha value is -5.11. The normalized spacial score (nSPS) is 11.3. The summed E-state index contributed by atoms with van der Waals surface area (Å²) in [4.78, 5) is 34.9. The molecule has 8 heteroatoms. The molecule has 4 aromatic carbocycles. The number of benzene rings is 4. The van der Waals surface area contributed by atoms with E-state index in [-0.39, 0.29) is 12.8 Å². The molecule has 0 unspecified atom stereocenters. The number of rotatable bonds is 12. The largest absolute Gasteiger partial charge is 0.497 e. The first-order valence-electron chi connectivity index (χ1n) is 12.7. The average Bonchev–Trinajstić information content (AvgIpc) is 2.98. The van der Waals surface area contributed by atoms with Crippen LogP contribution in [0.4, 0.5) is 0 Å². The molecule has 0 aliphatic carbocycles. The molecule has 0 spiro atoms. The van der Waals surface area contributed by atoms with Crippen LogP contribution in [0.3, 0.4) is 0 Å². The van der Waals surface area contributed by atoms with Crippen molar-refractivity contribution in [2.24, 2.45) is 5.73 Å². The maximum Gasteiger partial charge on any atom is 0.303 e. The third-order valence-corrected chi connectivity index (χ3v) is 6.37. The summed E-state index contributed by atoms with van der Waals surface area (Å²) in [5.41, 5.74) is 10.7. The molecular formula is C32H30N2O6. The third kappa shape index (κ3) is 7.48. The summed E-state index contributed by atoms with van der Waals surface area (Å²) in [5.74, 6) is -0.815. The summed E-state index contributed by atoms with van der Waals surface area (Å²) in [6.45, 7) is 0.416. The van der Waals surface area contributed by atoms with Crippen molar-refractivity contribution < 1.29 is 29.0 Å². The molecule has 0 radical (unpaired) electrons. The number of carbonyl (C=O) groups excluding carboxylic acids is 2. The molecule has 0 aliphatic heterocycles. The van der Waals surface area contributed by atoms with E-state index in [0.717, 1.165) is 39.3 Å². The zero-order valence-corrected chi connectivity index (χ0v) is 22.0. The summed E-state index contributed by atoms with van der Waals surface area (Å²) >= 11 is 0. The van der Waals surface area contributed by atoms with Crippen molar-refractivity contribution in [3.05, 3.63) is 108 Å². The molecular weight excluding hydrogens is 508 g/mol. The molecule has 204 valence electrons. The van der Waals surface area contributed by atoms with E-state index in [1.54, 1.807) is 31.4 Å². The van der Waals surface area contributed by atoms with Gasteiger partial charge >= 0.3 is 5.97 Å². The van der Waals surface area contributed by atoms with Gasteiger partial charge in [-0.3, -0.25) is 14.4 Å². The average molecular weight is 539 g/mol. The van der Waals surface area contributed by atoms with Crippen LogP contribution >= 0.6 is 0 Å². The lowest BCUT2D eigenvalue weighted by Crippen LogP contribution is -2.44. The fraction of sp³-hybridized carbons (Fsp3) is 0.156. The molecule has 0 saturated carbocycles. The highest BCUT2D eigenvalue weighted by Crippen LogP contribution is 2.26. The third-order valence-electron chi connectivity index (χ3n) is 6.37. The molecule has 8 nitrogen and oxygen atoms in total. The van der Waals surface area contributed by atoms with Crippen molar-refractivity contribution in [2.75, 3.05) is 7.11 Å². The fourth-order valence-corrected chi connectivity index (χ4v) is 4.16. The first-order valence-corrected chi connectivity index (χ1v) is 12.7. The summed E-state index contributed by atoms with van der Waals surface area (Å²) in [6.07, 6.45) is -0.348. The quantitative estimate of drug-likeness (QED) is 0.231. The van der Waals surface area contributed by atoms with Crippen LogP contribution in [0, 0.1) is 0 Å². The van der Waals surface area contributed by atoms with E-state index in [2.05, 4.69) is 17.4 Å². The molecule has 0 aromatic heterocycles. The van der Waals surface area contributed by atoms with Gasteiger partial charge in [-0.25, -0.2) is 0 Å². The van der Waals surface area contributed by atoms with Gasteiger partial charge < -0.3 is 25.6 Å². The first kappa shape index (κ1) is 27.9. The maximum absolute atomic E-state index is 12.5. The Morgan fingerprint density at radius 3 is 2.05 bits per heavy atom. The minimum absolute atomic E-state index is 0.0728. The van der Waals surface area contributed by atoms with Gasteiger partial charge in [-0.2, -0.15) is 0 Å². The fourth-order valence-electron chi connectivity index (χ4n) is 4.16. The number of carboxylic acid groups (broad SMARTS) is 1. The summed E-state index contributed by atoms with van der Waals surface area (Å²) in [7, 11) is 1.65. The number of nitrogens with one attached hydrogen (secondary N) is 1. The lowest BCUT2D eigenvalue weighted by Gasteiger charge is -2.14. The Kier molecular flexibility index (Phi) is 9.15. The van der Waals surface area contributed by atoms with Crippen LogP contribution in [0.25, 0.3) is 22.3 Å². The van der Waals surface area contributed by atoms with Crippen molar-refractivity contribution in [3.8, 4) is 33.8 Å².